The molecule has 3 N–H and O–H groups in total. The van der Waals surface area contributed by atoms with Crippen LogP contribution in [0.1, 0.15) is 6.42 Å². The Bertz CT molecular complexity index is 576. The lowest BCUT2D eigenvalue weighted by Gasteiger charge is -1.98. The molecule has 0 amide bonds. The zero-order valence-corrected chi connectivity index (χ0v) is 8.87. The Balaban J connectivity index is 2.23. The van der Waals surface area contributed by atoms with Crippen molar-refractivity contribution in [3.8, 4) is 0 Å². The molecule has 0 fully saturated rings. The Morgan fingerprint density at radius 1 is 1.44 bits per heavy atom. The van der Waals surface area contributed by atoms with Crippen LogP contribution in [0.3, 0.4) is 0 Å². The molecule has 0 unspecified atom stereocenters. The van der Waals surface area contributed by atoms with Crippen LogP contribution in [0, 0.1) is 0 Å². The Morgan fingerprint density at radius 2 is 2.25 bits per heavy atom. The Kier molecular flexibility index (Phi) is 2.91. The first-order valence-electron chi connectivity index (χ1n) is 4.44. The van der Waals surface area contributed by atoms with Gasteiger partial charge in [-0.15, -0.1) is 11.8 Å². The molecule has 0 atom stereocenters. The van der Waals surface area contributed by atoms with Crippen LogP contribution < -0.4 is 5.69 Å². The Hall–Kier alpha value is -1.83. The normalized spacial score (nSPS) is 10.8. The summed E-state index contributed by atoms with van der Waals surface area (Å²) in [6, 6.07) is 0. The van der Waals surface area contributed by atoms with Crippen molar-refractivity contribution in [1.82, 2.24) is 19.9 Å². The summed E-state index contributed by atoms with van der Waals surface area (Å²) in [5, 5.41) is 9.07. The van der Waals surface area contributed by atoms with E-state index in [2.05, 4.69) is 19.9 Å². The standard InChI is InChI=1S/C8H8N4O3S/c13-4(14)1-2-16-7-5-6(9-3-10-7)12-8(15)11-5/h3H,1-2H2,(H,13,14)(H2,9,10,11,12,15). The molecule has 0 aromatic carbocycles. The maximum absolute atomic E-state index is 11.0. The number of fused-ring (bicyclic) bond motifs is 1. The Labute approximate surface area is 93.3 Å². The van der Waals surface area contributed by atoms with Gasteiger partial charge in [-0.3, -0.25) is 9.78 Å². The zero-order chi connectivity index (χ0) is 11.5. The summed E-state index contributed by atoms with van der Waals surface area (Å²) in [5.74, 6) is -0.463. The number of H-pyrrole nitrogens is 2. The topological polar surface area (TPSA) is 112 Å². The molecule has 2 heterocycles. The fraction of sp³-hybridized carbons (Fsp3) is 0.250. The molecule has 8 heteroatoms. The van der Waals surface area contributed by atoms with Crippen LogP contribution >= 0.6 is 11.8 Å². The van der Waals surface area contributed by atoms with E-state index in [4.69, 9.17) is 5.11 Å². The van der Waals surface area contributed by atoms with Crippen LogP contribution in [0.2, 0.25) is 0 Å². The average Bonchev–Trinajstić information content (AvgIpc) is 2.58. The van der Waals surface area contributed by atoms with Crippen LogP contribution in [-0.2, 0) is 4.79 Å². The highest BCUT2D eigenvalue weighted by molar-refractivity contribution is 7.99. The van der Waals surface area contributed by atoms with E-state index in [1.54, 1.807) is 0 Å². The summed E-state index contributed by atoms with van der Waals surface area (Å²) >= 11 is 1.27. The first-order chi connectivity index (χ1) is 7.66. The summed E-state index contributed by atoms with van der Waals surface area (Å²) in [4.78, 5) is 34.3. The summed E-state index contributed by atoms with van der Waals surface area (Å²) in [5.41, 5.74) is 0.594. The number of thioether (sulfide) groups is 1. The van der Waals surface area contributed by atoms with E-state index in [0.717, 1.165) is 0 Å². The molecule has 84 valence electrons. The molecule has 2 aromatic rings. The quantitative estimate of drug-likeness (QED) is 0.520. The number of nitrogens with zero attached hydrogens (tertiary/aromatic N) is 2. The molecule has 7 nitrogen and oxygen atoms in total. The summed E-state index contributed by atoms with van der Waals surface area (Å²) in [6.07, 6.45) is 1.38. The molecule has 2 rings (SSSR count). The molecule has 0 aliphatic rings. The largest absolute Gasteiger partial charge is 0.481 e. The number of hydrogen-bond acceptors (Lipinski definition) is 5. The van der Waals surface area contributed by atoms with E-state index in [-0.39, 0.29) is 12.1 Å². The SMILES string of the molecule is O=C(O)CCSc1ncnc2[nH]c(=O)[nH]c12. The van der Waals surface area contributed by atoms with Gasteiger partial charge < -0.3 is 10.1 Å². The van der Waals surface area contributed by atoms with Gasteiger partial charge in [0.05, 0.1) is 6.42 Å². The molecule has 0 saturated heterocycles. The number of carboxylic acid groups (broad SMARTS) is 1. The van der Waals surface area contributed by atoms with Gasteiger partial charge in [0, 0.05) is 5.75 Å². The van der Waals surface area contributed by atoms with E-state index in [1.165, 1.54) is 18.1 Å². The van der Waals surface area contributed by atoms with Gasteiger partial charge in [-0.1, -0.05) is 0 Å². The van der Waals surface area contributed by atoms with Crippen molar-refractivity contribution in [2.45, 2.75) is 11.4 Å². The van der Waals surface area contributed by atoms with E-state index in [0.29, 0.717) is 21.9 Å². The van der Waals surface area contributed by atoms with Crippen LogP contribution in [0.25, 0.3) is 11.2 Å². The second-order valence-electron chi connectivity index (χ2n) is 2.97. The van der Waals surface area contributed by atoms with Crippen molar-refractivity contribution < 1.29 is 9.90 Å². The van der Waals surface area contributed by atoms with Crippen LogP contribution in [-0.4, -0.2) is 36.8 Å². The molecule has 0 bridgehead atoms. The number of imidazole rings is 1. The van der Waals surface area contributed by atoms with Gasteiger partial charge in [0.1, 0.15) is 16.9 Å². The fourth-order valence-corrected chi connectivity index (χ4v) is 2.06. The predicted molar refractivity (Wildman–Crippen MR) is 57.5 cm³/mol. The van der Waals surface area contributed by atoms with Crippen molar-refractivity contribution in [2.24, 2.45) is 0 Å². The molecule has 2 aromatic heterocycles. The van der Waals surface area contributed by atoms with Crippen molar-refractivity contribution >= 4 is 28.9 Å². The second-order valence-corrected chi connectivity index (χ2v) is 4.06. The Morgan fingerprint density at radius 3 is 3.00 bits per heavy atom. The highest BCUT2D eigenvalue weighted by atomic mass is 32.2. The number of nitrogens with one attached hydrogen (secondary N) is 2. The van der Waals surface area contributed by atoms with Gasteiger partial charge in [-0.25, -0.2) is 14.8 Å². The number of aromatic amines is 2. The highest BCUT2D eigenvalue weighted by Crippen LogP contribution is 2.21. The van der Waals surface area contributed by atoms with Gasteiger partial charge in [0.15, 0.2) is 5.65 Å². The molecule has 0 aliphatic carbocycles. The molecule has 0 aliphatic heterocycles. The number of aromatic nitrogens is 4. The maximum atomic E-state index is 11.0. The van der Waals surface area contributed by atoms with Gasteiger partial charge in [-0.05, 0) is 0 Å². The monoisotopic (exact) mass is 240 g/mol. The third-order valence-corrected chi connectivity index (χ3v) is 2.83. The van der Waals surface area contributed by atoms with Gasteiger partial charge in [0.2, 0.25) is 0 Å². The summed E-state index contributed by atoms with van der Waals surface area (Å²) in [6.45, 7) is 0. The number of carboxylic acids is 1. The first-order valence-corrected chi connectivity index (χ1v) is 5.43. The third kappa shape index (κ3) is 2.22. The molecule has 0 saturated carbocycles. The molecular formula is C8H8N4O3S. The minimum Gasteiger partial charge on any atom is -0.481 e. The minimum absolute atomic E-state index is 0.0464. The van der Waals surface area contributed by atoms with E-state index >= 15 is 0 Å². The molecule has 0 spiro atoms. The third-order valence-electron chi connectivity index (χ3n) is 1.84. The van der Waals surface area contributed by atoms with Crippen molar-refractivity contribution in [1.29, 1.82) is 0 Å². The zero-order valence-electron chi connectivity index (χ0n) is 8.06. The number of carbonyl (C=O) groups is 1. The number of hydrogen-bond donors (Lipinski definition) is 3. The number of aliphatic carboxylic acids is 1. The van der Waals surface area contributed by atoms with Crippen LogP contribution in [0.15, 0.2) is 16.1 Å². The molecule has 0 radical (unpaired) electrons. The smallest absolute Gasteiger partial charge is 0.325 e. The lowest BCUT2D eigenvalue weighted by Crippen LogP contribution is -1.99. The summed E-state index contributed by atoms with van der Waals surface area (Å²) in [7, 11) is 0. The minimum atomic E-state index is -0.861. The van der Waals surface area contributed by atoms with Crippen molar-refractivity contribution in [2.75, 3.05) is 5.75 Å². The van der Waals surface area contributed by atoms with Crippen molar-refractivity contribution in [3.63, 3.8) is 0 Å². The van der Waals surface area contributed by atoms with Gasteiger partial charge in [0.25, 0.3) is 0 Å². The lowest BCUT2D eigenvalue weighted by atomic mass is 10.5. The second kappa shape index (κ2) is 4.35. The van der Waals surface area contributed by atoms with Crippen LogP contribution in [0.4, 0.5) is 0 Å². The fourth-order valence-electron chi connectivity index (χ4n) is 1.17. The van der Waals surface area contributed by atoms with E-state index in [1.807, 2.05) is 0 Å². The maximum Gasteiger partial charge on any atom is 0.325 e. The first kappa shape index (κ1) is 10.7. The predicted octanol–water partition coefficient (Wildman–Crippen LogP) is 0.213. The lowest BCUT2D eigenvalue weighted by molar-refractivity contribution is -0.136. The summed E-state index contributed by atoms with van der Waals surface area (Å²) < 4.78 is 0. The van der Waals surface area contributed by atoms with Crippen molar-refractivity contribution in [3.05, 3.63) is 16.8 Å². The van der Waals surface area contributed by atoms with Crippen LogP contribution in [0.5, 0.6) is 0 Å². The number of rotatable bonds is 4. The van der Waals surface area contributed by atoms with E-state index in [9.17, 15) is 9.59 Å². The van der Waals surface area contributed by atoms with E-state index < -0.39 is 5.97 Å². The molecular weight excluding hydrogens is 232 g/mol. The average molecular weight is 240 g/mol. The van der Waals surface area contributed by atoms with Gasteiger partial charge in [-0.2, -0.15) is 0 Å². The van der Waals surface area contributed by atoms with Gasteiger partial charge >= 0.3 is 11.7 Å². The highest BCUT2D eigenvalue weighted by Gasteiger charge is 2.08. The molecule has 16 heavy (non-hydrogen) atoms.